The SMILES string of the molecule is O=S(=O)(O)CCCCN1C(=Cc2sc3cc4c(cc3[n+]2CCCCS(=O)(=O)O)OCO4)Oc2ccc(I)cc21. The minimum atomic E-state index is -4.04. The van der Waals surface area contributed by atoms with Crippen LogP contribution >= 0.6 is 33.9 Å². The van der Waals surface area contributed by atoms with Gasteiger partial charge < -0.3 is 19.1 Å². The second-order valence-electron chi connectivity index (χ2n) is 9.10. The van der Waals surface area contributed by atoms with Gasteiger partial charge in [0.05, 0.1) is 29.3 Å². The Hall–Kier alpha value is -2.18. The topological polar surface area (TPSA) is 144 Å². The predicted molar refractivity (Wildman–Crippen MR) is 155 cm³/mol. The molecule has 11 nitrogen and oxygen atoms in total. The second-order valence-corrected chi connectivity index (χ2v) is 14.6. The van der Waals surface area contributed by atoms with Gasteiger partial charge >= 0.3 is 0 Å². The molecule has 3 aromatic rings. The molecule has 39 heavy (non-hydrogen) atoms. The number of rotatable bonds is 11. The van der Waals surface area contributed by atoms with Crippen LogP contribution in [-0.2, 0) is 26.8 Å². The van der Waals surface area contributed by atoms with E-state index in [4.69, 9.17) is 23.3 Å². The molecule has 2 aromatic carbocycles. The van der Waals surface area contributed by atoms with Crippen molar-refractivity contribution in [3.8, 4) is 17.2 Å². The van der Waals surface area contributed by atoms with Gasteiger partial charge in [0.2, 0.25) is 18.2 Å². The molecule has 0 bridgehead atoms. The van der Waals surface area contributed by atoms with Crippen LogP contribution in [0.25, 0.3) is 16.3 Å². The van der Waals surface area contributed by atoms with E-state index < -0.39 is 20.2 Å². The number of hydrogen-bond acceptors (Lipinski definition) is 9. The molecule has 0 radical (unpaired) electrons. The average molecular weight is 710 g/mol. The molecular weight excluding hydrogens is 683 g/mol. The van der Waals surface area contributed by atoms with Gasteiger partial charge in [-0.15, -0.1) is 0 Å². The van der Waals surface area contributed by atoms with E-state index >= 15 is 0 Å². The van der Waals surface area contributed by atoms with Crippen LogP contribution in [0.3, 0.4) is 0 Å². The molecule has 3 heterocycles. The number of nitrogens with zero attached hydrogens (tertiary/aromatic N) is 2. The standard InChI is InChI=1S/C24H25IN2O9S3/c25-16-5-6-19-17(11-16)26(7-1-3-9-38(28,29)30)23(36-19)14-24-27(8-2-4-10-39(31,32)33)18-12-20-21(35-15-34-20)13-22(18)37-24/h5-6,11-14H,1-4,7-10,15H2,(H-,28,29,30,31,32,33)/p+1. The number of anilines is 1. The highest BCUT2D eigenvalue weighted by Gasteiger charge is 2.30. The van der Waals surface area contributed by atoms with Crippen molar-refractivity contribution < 1.29 is 44.7 Å². The zero-order valence-corrected chi connectivity index (χ0v) is 25.2. The summed E-state index contributed by atoms with van der Waals surface area (Å²) in [6.07, 6.45) is 3.53. The van der Waals surface area contributed by atoms with Crippen molar-refractivity contribution in [2.75, 3.05) is 29.7 Å². The van der Waals surface area contributed by atoms with Crippen molar-refractivity contribution >= 4 is 76.1 Å². The lowest BCUT2D eigenvalue weighted by atomic mass is 10.2. The quantitative estimate of drug-likeness (QED) is 0.130. The molecule has 210 valence electrons. The van der Waals surface area contributed by atoms with E-state index in [0.717, 1.165) is 24.5 Å². The molecular formula is C24H26IN2O9S3+. The number of aromatic nitrogens is 1. The van der Waals surface area contributed by atoms with E-state index in [9.17, 15) is 16.8 Å². The third-order valence-corrected chi connectivity index (χ3v) is 9.61. The first kappa shape index (κ1) is 28.4. The Morgan fingerprint density at radius 3 is 2.36 bits per heavy atom. The number of thiazole rings is 1. The zero-order chi connectivity index (χ0) is 27.8. The lowest BCUT2D eigenvalue weighted by molar-refractivity contribution is -0.669. The molecule has 15 heteroatoms. The van der Waals surface area contributed by atoms with Crippen LogP contribution in [0.4, 0.5) is 5.69 Å². The summed E-state index contributed by atoms with van der Waals surface area (Å²) in [4.78, 5) is 1.99. The first-order valence-electron chi connectivity index (χ1n) is 12.1. The lowest BCUT2D eigenvalue weighted by Gasteiger charge is -2.18. The van der Waals surface area contributed by atoms with Crippen molar-refractivity contribution in [1.82, 2.24) is 0 Å². The maximum atomic E-state index is 11.2. The Kier molecular flexibility index (Phi) is 8.26. The molecule has 2 aliphatic heterocycles. The number of ether oxygens (including phenoxy) is 3. The van der Waals surface area contributed by atoms with E-state index in [1.165, 1.54) is 11.3 Å². The number of fused-ring (bicyclic) bond motifs is 3. The molecule has 0 saturated heterocycles. The second kappa shape index (κ2) is 11.4. The van der Waals surface area contributed by atoms with E-state index in [2.05, 4.69) is 27.2 Å². The first-order valence-corrected chi connectivity index (χ1v) is 17.2. The highest BCUT2D eigenvalue weighted by atomic mass is 127. The molecule has 2 aliphatic rings. The Morgan fingerprint density at radius 2 is 1.64 bits per heavy atom. The summed E-state index contributed by atoms with van der Waals surface area (Å²) in [6.45, 7) is 1.12. The Morgan fingerprint density at radius 1 is 0.949 bits per heavy atom. The summed E-state index contributed by atoms with van der Waals surface area (Å²) < 4.78 is 84.3. The van der Waals surface area contributed by atoms with Gasteiger partial charge in [0.1, 0.15) is 4.70 Å². The summed E-state index contributed by atoms with van der Waals surface area (Å²) in [7, 11) is -8.08. The lowest BCUT2D eigenvalue weighted by Crippen LogP contribution is -2.35. The van der Waals surface area contributed by atoms with Crippen molar-refractivity contribution in [3.63, 3.8) is 0 Å². The van der Waals surface area contributed by atoms with Gasteiger partial charge in [0, 0.05) is 22.6 Å². The molecule has 0 fully saturated rings. The third-order valence-electron chi connectivity index (χ3n) is 6.23. The summed E-state index contributed by atoms with van der Waals surface area (Å²) in [5.74, 6) is 1.91. The zero-order valence-electron chi connectivity index (χ0n) is 20.6. The minimum absolute atomic E-state index is 0.148. The van der Waals surface area contributed by atoms with Crippen LogP contribution in [0.2, 0.25) is 0 Å². The molecule has 0 atom stereocenters. The molecule has 0 unspecified atom stereocenters. The maximum absolute atomic E-state index is 11.2. The summed E-state index contributed by atoms with van der Waals surface area (Å²) in [5.41, 5.74) is 1.76. The largest absolute Gasteiger partial charge is 0.454 e. The van der Waals surface area contributed by atoms with Gasteiger partial charge in [-0.3, -0.25) is 9.11 Å². The highest BCUT2D eigenvalue weighted by Crippen LogP contribution is 2.42. The van der Waals surface area contributed by atoms with E-state index in [1.54, 1.807) is 0 Å². The van der Waals surface area contributed by atoms with Crippen LogP contribution in [0.15, 0.2) is 36.2 Å². The number of halogens is 1. The highest BCUT2D eigenvalue weighted by molar-refractivity contribution is 14.1. The van der Waals surface area contributed by atoms with E-state index in [0.29, 0.717) is 61.9 Å². The summed E-state index contributed by atoms with van der Waals surface area (Å²) in [6, 6.07) is 9.64. The molecule has 1 aromatic heterocycles. The third kappa shape index (κ3) is 6.94. The van der Waals surface area contributed by atoms with Crippen LogP contribution in [0.1, 0.15) is 30.7 Å². The minimum Gasteiger partial charge on any atom is -0.454 e. The fourth-order valence-electron chi connectivity index (χ4n) is 4.46. The molecule has 0 aliphatic carbocycles. The Bertz CT molecular complexity index is 1650. The predicted octanol–water partition coefficient (Wildman–Crippen LogP) is 4.06. The van der Waals surface area contributed by atoms with E-state index in [1.807, 2.05) is 41.3 Å². The summed E-state index contributed by atoms with van der Waals surface area (Å²) >= 11 is 3.74. The van der Waals surface area contributed by atoms with Crippen LogP contribution in [-0.4, -0.2) is 50.8 Å². The maximum Gasteiger partial charge on any atom is 0.268 e. The van der Waals surface area contributed by atoms with Crippen LogP contribution in [0, 0.1) is 3.57 Å². The number of unbranched alkanes of at least 4 members (excludes halogenated alkanes) is 2. The molecule has 0 spiro atoms. The van der Waals surface area contributed by atoms with Gasteiger partial charge in [0.15, 0.2) is 23.8 Å². The normalized spacial score (nSPS) is 15.8. The smallest absolute Gasteiger partial charge is 0.268 e. The summed E-state index contributed by atoms with van der Waals surface area (Å²) in [5, 5.41) is 0.848. The van der Waals surface area contributed by atoms with Crippen molar-refractivity contribution in [1.29, 1.82) is 0 Å². The molecule has 0 saturated carbocycles. The first-order chi connectivity index (χ1) is 18.5. The van der Waals surface area contributed by atoms with Crippen molar-refractivity contribution in [3.05, 3.63) is 44.8 Å². The molecule has 2 N–H and O–H groups in total. The van der Waals surface area contributed by atoms with Gasteiger partial charge in [-0.05, 0) is 60.1 Å². The van der Waals surface area contributed by atoms with Gasteiger partial charge in [-0.25, -0.2) is 0 Å². The Labute approximate surface area is 243 Å². The molecule has 5 rings (SSSR count). The number of hydrogen-bond donors (Lipinski definition) is 2. The fraction of sp³-hybridized carbons (Fsp3) is 0.375. The monoisotopic (exact) mass is 709 g/mol. The number of aryl methyl sites for hydroxylation is 1. The molecule has 0 amide bonds. The van der Waals surface area contributed by atoms with Crippen LogP contribution < -0.4 is 23.7 Å². The van der Waals surface area contributed by atoms with Gasteiger partial charge in [-0.1, -0.05) is 11.3 Å². The van der Waals surface area contributed by atoms with Gasteiger partial charge in [-0.2, -0.15) is 21.4 Å². The van der Waals surface area contributed by atoms with Crippen LogP contribution in [0.5, 0.6) is 17.2 Å². The average Bonchev–Trinajstić information content (AvgIpc) is 3.52. The fourth-order valence-corrected chi connectivity index (χ4v) is 7.19. The van der Waals surface area contributed by atoms with Gasteiger partial charge in [0.25, 0.3) is 25.2 Å². The number of benzene rings is 2. The van der Waals surface area contributed by atoms with Crippen molar-refractivity contribution in [2.45, 2.75) is 32.2 Å². The Balaban J connectivity index is 1.48. The van der Waals surface area contributed by atoms with E-state index in [-0.39, 0.29) is 18.3 Å². The van der Waals surface area contributed by atoms with Crippen molar-refractivity contribution in [2.24, 2.45) is 0 Å².